The van der Waals surface area contributed by atoms with Crippen LogP contribution in [0.15, 0.2) is 71.3 Å². The van der Waals surface area contributed by atoms with Gasteiger partial charge in [0.05, 0.1) is 6.42 Å². The van der Waals surface area contributed by atoms with E-state index in [-0.39, 0.29) is 24.8 Å². The van der Waals surface area contributed by atoms with Gasteiger partial charge in [-0.25, -0.2) is 9.37 Å². The van der Waals surface area contributed by atoms with Gasteiger partial charge in [-0.1, -0.05) is 48.5 Å². The van der Waals surface area contributed by atoms with E-state index >= 15 is 0 Å². The number of fused-ring (bicyclic) bond motifs is 1. The molecule has 0 saturated carbocycles. The second-order valence-electron chi connectivity index (χ2n) is 10.9. The number of benzene rings is 2. The fourth-order valence-corrected chi connectivity index (χ4v) is 5.56. The van der Waals surface area contributed by atoms with Crippen molar-refractivity contribution in [2.75, 3.05) is 42.5 Å². The molecule has 2 aromatic carbocycles. The topological polar surface area (TPSA) is 82.8 Å². The largest absolute Gasteiger partial charge is 0.437 e. The van der Waals surface area contributed by atoms with Gasteiger partial charge in [-0.05, 0) is 40.8 Å². The third-order valence-electron chi connectivity index (χ3n) is 7.97. The Labute approximate surface area is 250 Å². The maximum absolute atomic E-state index is 13.9. The molecule has 1 saturated heterocycles. The molecule has 2 aliphatic heterocycles. The van der Waals surface area contributed by atoms with E-state index in [4.69, 9.17) is 4.42 Å². The minimum absolute atomic E-state index is 0.0115. The highest BCUT2D eigenvalue weighted by Crippen LogP contribution is 2.36. The first-order valence-electron chi connectivity index (χ1n) is 14.3. The number of amides is 1. The average molecular weight is 608 g/mol. The molecule has 0 aliphatic carbocycles. The lowest BCUT2D eigenvalue weighted by atomic mass is 10.0. The third kappa shape index (κ3) is 6.29. The fourth-order valence-electron chi connectivity index (χ4n) is 5.56. The number of carbonyl (C=O) groups is 2. The van der Waals surface area contributed by atoms with Gasteiger partial charge in [0.2, 0.25) is 17.5 Å². The molecule has 0 N–H and O–H groups in total. The highest BCUT2D eigenvalue weighted by molar-refractivity contribution is 5.96. The van der Waals surface area contributed by atoms with Crippen molar-refractivity contribution in [1.82, 2.24) is 14.9 Å². The summed E-state index contributed by atoms with van der Waals surface area (Å²) in [5, 5.41) is 0. The van der Waals surface area contributed by atoms with Gasteiger partial charge in [-0.2, -0.15) is 18.2 Å². The summed E-state index contributed by atoms with van der Waals surface area (Å²) in [6.07, 6.45) is -3.13. The summed E-state index contributed by atoms with van der Waals surface area (Å²) in [4.78, 5) is 39.1. The lowest BCUT2D eigenvalue weighted by molar-refractivity contribution is -0.141. The molecular weight excluding hydrogens is 578 g/mol. The van der Waals surface area contributed by atoms with E-state index in [1.54, 1.807) is 40.1 Å². The fraction of sp³-hybridized carbons (Fsp3) is 0.312. The molecule has 4 heterocycles. The molecule has 2 aromatic heterocycles. The Balaban J connectivity index is 1.08. The van der Waals surface area contributed by atoms with Crippen LogP contribution >= 0.6 is 0 Å². The van der Waals surface area contributed by atoms with E-state index in [9.17, 15) is 27.2 Å². The van der Waals surface area contributed by atoms with Crippen molar-refractivity contribution < 1.29 is 31.6 Å². The van der Waals surface area contributed by atoms with Crippen LogP contribution in [0.1, 0.15) is 38.5 Å². The van der Waals surface area contributed by atoms with Crippen molar-refractivity contribution in [3.63, 3.8) is 0 Å². The van der Waals surface area contributed by atoms with Crippen LogP contribution in [0.2, 0.25) is 0 Å². The first kappa shape index (κ1) is 29.3. The number of rotatable bonds is 7. The van der Waals surface area contributed by atoms with Crippen LogP contribution in [0.5, 0.6) is 0 Å². The lowest BCUT2D eigenvalue weighted by Gasteiger charge is -2.35. The second-order valence-corrected chi connectivity index (χ2v) is 10.9. The zero-order valence-electron chi connectivity index (χ0n) is 23.7. The van der Waals surface area contributed by atoms with Crippen molar-refractivity contribution in [2.24, 2.45) is 0 Å². The van der Waals surface area contributed by atoms with Gasteiger partial charge in [-0.3, -0.25) is 9.59 Å². The Morgan fingerprint density at radius 3 is 2.27 bits per heavy atom. The Bertz CT molecular complexity index is 1660. The summed E-state index contributed by atoms with van der Waals surface area (Å²) < 4.78 is 61.1. The quantitative estimate of drug-likeness (QED) is 0.214. The summed E-state index contributed by atoms with van der Waals surface area (Å²) in [6, 6.07) is 17.0. The summed E-state index contributed by atoms with van der Waals surface area (Å²) >= 11 is 0. The van der Waals surface area contributed by atoms with Gasteiger partial charge < -0.3 is 19.1 Å². The molecule has 0 spiro atoms. The van der Waals surface area contributed by atoms with Crippen molar-refractivity contribution in [2.45, 2.75) is 32.0 Å². The molecule has 1 amide bonds. The number of anilines is 2. The first-order valence-corrected chi connectivity index (χ1v) is 14.3. The average Bonchev–Trinajstić information content (AvgIpc) is 3.49. The normalized spacial score (nSPS) is 15.3. The summed E-state index contributed by atoms with van der Waals surface area (Å²) in [7, 11) is 0. The predicted octanol–water partition coefficient (Wildman–Crippen LogP) is 5.11. The zero-order valence-corrected chi connectivity index (χ0v) is 23.7. The van der Waals surface area contributed by atoms with E-state index in [2.05, 4.69) is 9.97 Å². The van der Waals surface area contributed by atoms with E-state index < -0.39 is 29.2 Å². The molecule has 0 radical (unpaired) electrons. The number of carbonyl (C=O) groups excluding carboxylic acids is 2. The molecule has 4 aromatic rings. The van der Waals surface area contributed by atoms with Gasteiger partial charge in [0, 0.05) is 51.9 Å². The zero-order chi connectivity index (χ0) is 30.8. The smallest absolute Gasteiger partial charge is 0.420 e. The first-order chi connectivity index (χ1) is 21.2. The Morgan fingerprint density at radius 2 is 1.57 bits per heavy atom. The standard InChI is InChI=1S/C32H29F4N5O3/c33-25-8-4-3-6-23(25)18-28(43)40-15-13-39(14-16-40)27-10-9-21(19-37-27)17-26(42)29-30(32(34,35)36)38-31(44-29)41-12-11-22-5-1-2-7-24(22)20-41/h1-10,19H,11-18,20H2. The number of pyridine rings is 1. The summed E-state index contributed by atoms with van der Waals surface area (Å²) in [5.74, 6) is -1.60. The van der Waals surface area contributed by atoms with Crippen LogP contribution in [-0.2, 0) is 36.8 Å². The number of alkyl halides is 3. The number of piperazine rings is 1. The van der Waals surface area contributed by atoms with E-state index in [1.165, 1.54) is 12.3 Å². The molecule has 228 valence electrons. The predicted molar refractivity (Wildman–Crippen MR) is 154 cm³/mol. The monoisotopic (exact) mass is 607 g/mol. The summed E-state index contributed by atoms with van der Waals surface area (Å²) in [5.41, 5.74) is 1.54. The maximum Gasteiger partial charge on any atom is 0.437 e. The van der Waals surface area contributed by atoms with Crippen LogP contribution in [0.4, 0.5) is 29.4 Å². The minimum atomic E-state index is -4.86. The highest BCUT2D eigenvalue weighted by atomic mass is 19.4. The number of halogens is 4. The number of Topliss-reactive ketones (excluding diaryl/α,β-unsaturated/α-hetero) is 1. The molecule has 12 heteroatoms. The molecule has 1 fully saturated rings. The Hall–Kier alpha value is -4.74. The van der Waals surface area contributed by atoms with E-state index in [0.717, 1.165) is 11.1 Å². The molecule has 2 aliphatic rings. The van der Waals surface area contributed by atoms with E-state index in [0.29, 0.717) is 62.6 Å². The second kappa shape index (κ2) is 12.1. The Morgan fingerprint density at radius 1 is 0.841 bits per heavy atom. The number of nitrogens with zero attached hydrogens (tertiary/aromatic N) is 5. The van der Waals surface area contributed by atoms with Crippen molar-refractivity contribution in [3.05, 3.63) is 106 Å². The van der Waals surface area contributed by atoms with E-state index in [1.807, 2.05) is 29.2 Å². The number of hydrogen-bond donors (Lipinski definition) is 0. The molecule has 0 unspecified atom stereocenters. The van der Waals surface area contributed by atoms with Crippen LogP contribution < -0.4 is 9.80 Å². The minimum Gasteiger partial charge on any atom is -0.420 e. The number of hydrogen-bond acceptors (Lipinski definition) is 7. The van der Waals surface area contributed by atoms with Gasteiger partial charge in [0.25, 0.3) is 6.01 Å². The molecule has 0 atom stereocenters. The third-order valence-corrected chi connectivity index (χ3v) is 7.97. The SMILES string of the molecule is O=C(Cc1ccc(N2CCN(C(=O)Cc3ccccc3F)CC2)nc1)c1oc(N2CCc3ccccc3C2)nc1C(F)(F)F. The molecule has 0 bridgehead atoms. The molecule has 6 rings (SSSR count). The summed E-state index contributed by atoms with van der Waals surface area (Å²) in [6.45, 7) is 2.64. The van der Waals surface area contributed by atoms with Crippen LogP contribution in [0.3, 0.4) is 0 Å². The molecule has 44 heavy (non-hydrogen) atoms. The van der Waals surface area contributed by atoms with Crippen molar-refractivity contribution >= 4 is 23.5 Å². The van der Waals surface area contributed by atoms with Crippen LogP contribution in [0.25, 0.3) is 0 Å². The highest BCUT2D eigenvalue weighted by Gasteiger charge is 2.42. The number of aromatic nitrogens is 2. The molecular formula is C32H29F4N5O3. The molecule has 8 nitrogen and oxygen atoms in total. The number of oxazole rings is 1. The van der Waals surface area contributed by atoms with Crippen LogP contribution in [-0.4, -0.2) is 59.3 Å². The van der Waals surface area contributed by atoms with Gasteiger partial charge in [0.15, 0.2) is 5.69 Å². The van der Waals surface area contributed by atoms with Crippen LogP contribution in [0, 0.1) is 5.82 Å². The van der Waals surface area contributed by atoms with Crippen molar-refractivity contribution in [3.8, 4) is 0 Å². The van der Waals surface area contributed by atoms with Gasteiger partial charge in [-0.15, -0.1) is 0 Å². The van der Waals surface area contributed by atoms with Crippen molar-refractivity contribution in [1.29, 1.82) is 0 Å². The van der Waals surface area contributed by atoms with Gasteiger partial charge in [0.1, 0.15) is 11.6 Å². The van der Waals surface area contributed by atoms with Gasteiger partial charge >= 0.3 is 6.18 Å². The maximum atomic E-state index is 13.9. The Kier molecular flexibility index (Phi) is 8.07. The lowest BCUT2D eigenvalue weighted by Crippen LogP contribution is -2.49. The number of ketones is 1.